The zero-order valence-electron chi connectivity index (χ0n) is 22.4. The van der Waals surface area contributed by atoms with Gasteiger partial charge in [-0.15, -0.1) is 0 Å². The molecular weight excluding hydrogens is 484 g/mol. The van der Waals surface area contributed by atoms with Gasteiger partial charge in [0.1, 0.15) is 36.6 Å². The van der Waals surface area contributed by atoms with Crippen LogP contribution in [0.1, 0.15) is 53.5 Å². The van der Waals surface area contributed by atoms with E-state index in [1.54, 1.807) is 13.8 Å². The lowest BCUT2D eigenvalue weighted by Crippen LogP contribution is -2.48. The molecule has 10 heteroatoms. The normalized spacial score (nSPS) is 39.5. The van der Waals surface area contributed by atoms with Crippen LogP contribution in [0.25, 0.3) is 0 Å². The molecule has 37 heavy (non-hydrogen) atoms. The molecule has 208 valence electrons. The maximum Gasteiger partial charge on any atom is 0.190 e. The Kier molecular flexibility index (Phi) is 7.47. The average Bonchev–Trinajstić information content (AvgIpc) is 3.51. The molecule has 1 aromatic carbocycles. The Morgan fingerprint density at radius 1 is 0.811 bits per heavy atom. The first-order valence-electron chi connectivity index (χ1n) is 13.0. The lowest BCUT2D eigenvalue weighted by Gasteiger charge is -2.31. The third-order valence-corrected chi connectivity index (χ3v) is 7.11. The minimum Gasteiger partial charge on any atom is -0.390 e. The van der Waals surface area contributed by atoms with Crippen LogP contribution in [-0.4, -0.2) is 89.3 Å². The molecule has 0 bridgehead atoms. The van der Waals surface area contributed by atoms with Gasteiger partial charge in [0.15, 0.2) is 23.7 Å². The monoisotopic (exact) mass is 524 g/mol. The predicted octanol–water partition coefficient (Wildman–Crippen LogP) is 2.23. The van der Waals surface area contributed by atoms with Crippen LogP contribution in [0, 0.1) is 0 Å². The first kappa shape index (κ1) is 27.4. The Morgan fingerprint density at radius 2 is 1.46 bits per heavy atom. The number of hydrogen-bond donors (Lipinski definition) is 2. The third kappa shape index (κ3) is 6.04. The van der Waals surface area contributed by atoms with Crippen molar-refractivity contribution >= 4 is 0 Å². The van der Waals surface area contributed by atoms with Gasteiger partial charge in [-0.05, 0) is 47.1 Å². The molecule has 0 aromatic heterocycles. The van der Waals surface area contributed by atoms with E-state index in [2.05, 4.69) is 0 Å². The third-order valence-electron chi connectivity index (χ3n) is 7.11. The molecule has 4 saturated heterocycles. The Hall–Kier alpha value is -1.18. The molecule has 4 aliphatic rings. The summed E-state index contributed by atoms with van der Waals surface area (Å²) in [5.41, 5.74) is 0.987. The summed E-state index contributed by atoms with van der Waals surface area (Å²) >= 11 is 0. The lowest BCUT2D eigenvalue weighted by atomic mass is 9.95. The molecule has 10 nitrogen and oxygen atoms in total. The van der Waals surface area contributed by atoms with Crippen LogP contribution in [-0.2, 0) is 44.5 Å². The van der Waals surface area contributed by atoms with Gasteiger partial charge < -0.3 is 48.1 Å². The van der Waals surface area contributed by atoms with E-state index < -0.39 is 72.5 Å². The molecule has 0 radical (unpaired) electrons. The van der Waals surface area contributed by atoms with Crippen molar-refractivity contribution in [1.82, 2.24) is 0 Å². The smallest absolute Gasteiger partial charge is 0.190 e. The highest BCUT2D eigenvalue weighted by Crippen LogP contribution is 2.42. The largest absolute Gasteiger partial charge is 0.390 e. The second-order valence-electron chi connectivity index (χ2n) is 11.6. The van der Waals surface area contributed by atoms with E-state index in [4.69, 9.17) is 37.9 Å². The fraction of sp³-hybridized carbons (Fsp3) is 0.778. The van der Waals surface area contributed by atoms with E-state index in [1.807, 2.05) is 58.0 Å². The zero-order chi connectivity index (χ0) is 26.6. The van der Waals surface area contributed by atoms with Crippen LogP contribution >= 0.6 is 0 Å². The SMILES string of the molecule is CC1(C)O[C@H]2O[C@H]([C@H](O)C[C@@H](O)[C@H]3OC(C)(C)O[C@@H]3[C@H]3COC(C)(C)O3)[C@H](OCc3ccccc3)[C@H]2O1. The summed E-state index contributed by atoms with van der Waals surface area (Å²) in [6.45, 7) is 11.5. The zero-order valence-corrected chi connectivity index (χ0v) is 22.4. The summed E-state index contributed by atoms with van der Waals surface area (Å²) in [4.78, 5) is 0. The standard InChI is InChI=1S/C27H40O10/c1-25(2)31-14-18(33-25)21-20(34-26(3,4)35-21)17(29)12-16(28)19-22(30-13-15-10-8-7-9-11-15)23-24(32-19)37-27(5,6)36-23/h7-11,16-24,28-29H,12-14H2,1-6H3/t16-,17-,18-,19-,20-,21-,22+,23-,24-/m1/s1. The van der Waals surface area contributed by atoms with Gasteiger partial charge in [-0.3, -0.25) is 0 Å². The lowest BCUT2D eigenvalue weighted by molar-refractivity contribution is -0.232. The maximum absolute atomic E-state index is 11.3. The van der Waals surface area contributed by atoms with Crippen molar-refractivity contribution in [3.8, 4) is 0 Å². The molecule has 0 spiro atoms. The summed E-state index contributed by atoms with van der Waals surface area (Å²) < 4.78 is 48.1. The summed E-state index contributed by atoms with van der Waals surface area (Å²) in [5, 5.41) is 22.5. The van der Waals surface area contributed by atoms with Gasteiger partial charge in [0.25, 0.3) is 0 Å². The molecule has 4 fully saturated rings. The summed E-state index contributed by atoms with van der Waals surface area (Å²) in [6, 6.07) is 9.75. The highest BCUT2D eigenvalue weighted by Gasteiger charge is 2.58. The van der Waals surface area contributed by atoms with Crippen LogP contribution in [0.2, 0.25) is 0 Å². The van der Waals surface area contributed by atoms with Crippen molar-refractivity contribution in [3.05, 3.63) is 35.9 Å². The summed E-state index contributed by atoms with van der Waals surface area (Å²) in [5.74, 6) is -2.50. The molecule has 4 aliphatic heterocycles. The number of hydrogen-bond acceptors (Lipinski definition) is 10. The Balaban J connectivity index is 1.27. The molecule has 0 saturated carbocycles. The second kappa shape index (κ2) is 10.1. The Bertz CT molecular complexity index is 921. The molecule has 0 unspecified atom stereocenters. The van der Waals surface area contributed by atoms with Gasteiger partial charge in [-0.1, -0.05) is 30.3 Å². The van der Waals surface area contributed by atoms with Gasteiger partial charge in [0, 0.05) is 6.42 Å². The van der Waals surface area contributed by atoms with E-state index in [9.17, 15) is 10.2 Å². The van der Waals surface area contributed by atoms with Gasteiger partial charge >= 0.3 is 0 Å². The highest BCUT2D eigenvalue weighted by atomic mass is 16.8. The van der Waals surface area contributed by atoms with Crippen molar-refractivity contribution < 1.29 is 48.1 Å². The quantitative estimate of drug-likeness (QED) is 0.525. The molecule has 4 heterocycles. The molecule has 2 N–H and O–H groups in total. The van der Waals surface area contributed by atoms with E-state index in [-0.39, 0.29) is 6.42 Å². The highest BCUT2D eigenvalue weighted by molar-refractivity contribution is 5.13. The maximum atomic E-state index is 11.3. The molecule has 9 atom stereocenters. The van der Waals surface area contributed by atoms with E-state index in [0.29, 0.717) is 13.2 Å². The number of aliphatic hydroxyl groups is 2. The van der Waals surface area contributed by atoms with Gasteiger partial charge in [0.2, 0.25) is 0 Å². The number of fused-ring (bicyclic) bond motifs is 1. The Labute approximate surface area is 218 Å². The van der Waals surface area contributed by atoms with Gasteiger partial charge in [-0.2, -0.15) is 0 Å². The first-order chi connectivity index (χ1) is 17.3. The minimum atomic E-state index is -1.08. The van der Waals surface area contributed by atoms with E-state index in [0.717, 1.165) is 5.56 Å². The van der Waals surface area contributed by atoms with Crippen LogP contribution in [0.4, 0.5) is 0 Å². The van der Waals surface area contributed by atoms with Crippen LogP contribution in [0.5, 0.6) is 0 Å². The van der Waals surface area contributed by atoms with Crippen molar-refractivity contribution in [3.63, 3.8) is 0 Å². The molecular formula is C27H40O10. The fourth-order valence-corrected chi connectivity index (χ4v) is 5.57. The van der Waals surface area contributed by atoms with E-state index >= 15 is 0 Å². The number of ether oxygens (including phenoxy) is 8. The predicted molar refractivity (Wildman–Crippen MR) is 129 cm³/mol. The van der Waals surface area contributed by atoms with Gasteiger partial charge in [-0.25, -0.2) is 0 Å². The minimum absolute atomic E-state index is 0.0315. The molecule has 5 rings (SSSR count). The second-order valence-corrected chi connectivity index (χ2v) is 11.6. The van der Waals surface area contributed by atoms with Crippen LogP contribution in [0.15, 0.2) is 30.3 Å². The topological polar surface area (TPSA) is 114 Å². The molecule has 0 aliphatic carbocycles. The number of benzene rings is 1. The van der Waals surface area contributed by atoms with Crippen LogP contribution in [0.3, 0.4) is 0 Å². The number of aliphatic hydroxyl groups excluding tert-OH is 2. The summed E-state index contributed by atoms with van der Waals surface area (Å²) in [7, 11) is 0. The van der Waals surface area contributed by atoms with E-state index in [1.165, 1.54) is 0 Å². The molecule has 0 amide bonds. The summed E-state index contributed by atoms with van der Waals surface area (Å²) in [6.07, 6.45) is -6.47. The van der Waals surface area contributed by atoms with Crippen molar-refractivity contribution in [2.24, 2.45) is 0 Å². The van der Waals surface area contributed by atoms with Crippen molar-refractivity contribution in [1.29, 1.82) is 0 Å². The molecule has 1 aromatic rings. The number of rotatable bonds is 8. The Morgan fingerprint density at radius 3 is 2.14 bits per heavy atom. The van der Waals surface area contributed by atoms with Crippen LogP contribution < -0.4 is 0 Å². The first-order valence-corrected chi connectivity index (χ1v) is 13.0. The van der Waals surface area contributed by atoms with Crippen molar-refractivity contribution in [2.75, 3.05) is 6.61 Å². The van der Waals surface area contributed by atoms with Gasteiger partial charge in [0.05, 0.1) is 25.4 Å². The van der Waals surface area contributed by atoms with Crippen molar-refractivity contribution in [2.45, 2.75) is 127 Å². The fourth-order valence-electron chi connectivity index (χ4n) is 5.57. The average molecular weight is 525 g/mol.